The van der Waals surface area contributed by atoms with Crippen LogP contribution in [0.3, 0.4) is 0 Å². The molecule has 0 aliphatic heterocycles. The summed E-state index contributed by atoms with van der Waals surface area (Å²) in [6.45, 7) is 3.96. The fraction of sp³-hybridized carbons (Fsp3) is 0.500. The predicted octanol–water partition coefficient (Wildman–Crippen LogP) is 3.46. The summed E-state index contributed by atoms with van der Waals surface area (Å²) in [4.78, 5) is 12.4. The molecule has 1 rings (SSSR count). The SMILES string of the molecule is C#COP(=O)(OCC)OCC(CNC(=O)c1ccccc1O)OP(=O)(OCC)OCC. The standard InChI is InChI=1S/C18H27NO10P2/c1-5-24-30(22,25-6-2)28-14-15(29-31(23,26-7-3)27-8-4)13-19-18(21)16-11-9-10-12-17(16)20/h1,9-12,15,20H,6-8,13-14H2,2-4H3,(H,19,21). The number of hydrogen-bond donors (Lipinski definition) is 2. The molecule has 174 valence electrons. The van der Waals surface area contributed by atoms with Crippen molar-refractivity contribution in [3.8, 4) is 18.3 Å². The van der Waals surface area contributed by atoms with Gasteiger partial charge in [-0.15, -0.1) is 0 Å². The molecular formula is C18H27NO10P2. The lowest BCUT2D eigenvalue weighted by molar-refractivity contribution is 0.0436. The van der Waals surface area contributed by atoms with Crippen molar-refractivity contribution in [1.82, 2.24) is 5.32 Å². The number of phenols is 1. The van der Waals surface area contributed by atoms with Gasteiger partial charge >= 0.3 is 15.6 Å². The molecule has 1 aromatic carbocycles. The molecule has 1 amide bonds. The average Bonchev–Trinajstić information content (AvgIpc) is 2.71. The number of phenolic OH excluding ortho intramolecular Hbond substituents is 1. The van der Waals surface area contributed by atoms with Crippen molar-refractivity contribution in [2.24, 2.45) is 0 Å². The number of carbonyl (C=O) groups excluding carboxylic acids is 1. The Hall–Kier alpha value is -1.89. The van der Waals surface area contributed by atoms with Crippen molar-refractivity contribution in [2.45, 2.75) is 26.9 Å². The highest BCUT2D eigenvalue weighted by atomic mass is 31.2. The van der Waals surface area contributed by atoms with Gasteiger partial charge in [-0.25, -0.2) is 9.13 Å². The van der Waals surface area contributed by atoms with Crippen LogP contribution in [0.1, 0.15) is 31.1 Å². The van der Waals surface area contributed by atoms with Crippen LogP contribution in [0.25, 0.3) is 0 Å². The molecular weight excluding hydrogens is 452 g/mol. The monoisotopic (exact) mass is 479 g/mol. The van der Waals surface area contributed by atoms with E-state index in [0.717, 1.165) is 0 Å². The molecule has 0 bridgehead atoms. The second kappa shape index (κ2) is 13.5. The molecule has 0 heterocycles. The van der Waals surface area contributed by atoms with Crippen LogP contribution in [-0.4, -0.2) is 50.1 Å². The topological polar surface area (TPSA) is 139 Å². The van der Waals surface area contributed by atoms with Crippen molar-refractivity contribution in [1.29, 1.82) is 0 Å². The third-order valence-corrected chi connectivity index (χ3v) is 6.44. The Bertz CT molecular complexity index is 831. The van der Waals surface area contributed by atoms with Crippen molar-refractivity contribution in [2.75, 3.05) is 33.0 Å². The molecule has 0 aromatic heterocycles. The number of rotatable bonds is 15. The molecule has 2 unspecified atom stereocenters. The van der Waals surface area contributed by atoms with Crippen LogP contribution >= 0.6 is 15.6 Å². The van der Waals surface area contributed by atoms with Gasteiger partial charge in [-0.1, -0.05) is 18.6 Å². The Kier molecular flexibility index (Phi) is 11.8. The summed E-state index contributed by atoms with van der Waals surface area (Å²) in [5.41, 5.74) is 0.00983. The van der Waals surface area contributed by atoms with Crippen LogP contribution in [-0.2, 0) is 36.3 Å². The van der Waals surface area contributed by atoms with Crippen LogP contribution in [0.2, 0.25) is 0 Å². The van der Waals surface area contributed by atoms with Gasteiger partial charge in [0.2, 0.25) is 0 Å². The second-order valence-electron chi connectivity index (χ2n) is 5.61. The van der Waals surface area contributed by atoms with E-state index in [1.165, 1.54) is 12.1 Å². The number of terminal acetylenes is 1. The van der Waals surface area contributed by atoms with Gasteiger partial charge in [-0.3, -0.25) is 27.4 Å². The number of benzene rings is 1. The zero-order valence-electron chi connectivity index (χ0n) is 17.5. The Morgan fingerprint density at radius 2 is 1.65 bits per heavy atom. The summed E-state index contributed by atoms with van der Waals surface area (Å²) in [5, 5.41) is 12.3. The van der Waals surface area contributed by atoms with Gasteiger partial charge in [0.05, 0.1) is 32.0 Å². The Morgan fingerprint density at radius 1 is 1.06 bits per heavy atom. The molecule has 11 nitrogen and oxygen atoms in total. The number of nitrogens with one attached hydrogen (secondary N) is 1. The highest BCUT2D eigenvalue weighted by Gasteiger charge is 2.34. The van der Waals surface area contributed by atoms with Gasteiger partial charge < -0.3 is 14.9 Å². The molecule has 31 heavy (non-hydrogen) atoms. The maximum absolute atomic E-state index is 12.7. The van der Waals surface area contributed by atoms with Crippen LogP contribution < -0.4 is 5.32 Å². The molecule has 13 heteroatoms. The van der Waals surface area contributed by atoms with E-state index in [4.69, 9.17) is 29.0 Å². The third kappa shape index (κ3) is 9.42. The van der Waals surface area contributed by atoms with Gasteiger partial charge in [0.1, 0.15) is 18.0 Å². The minimum atomic E-state index is -4.12. The van der Waals surface area contributed by atoms with E-state index in [1.807, 2.05) is 0 Å². The van der Waals surface area contributed by atoms with Crippen molar-refractivity contribution in [3.05, 3.63) is 29.8 Å². The van der Waals surface area contributed by atoms with E-state index in [0.29, 0.717) is 0 Å². The van der Waals surface area contributed by atoms with E-state index in [1.54, 1.807) is 39.0 Å². The van der Waals surface area contributed by atoms with E-state index >= 15 is 0 Å². The van der Waals surface area contributed by atoms with Crippen molar-refractivity contribution in [3.63, 3.8) is 0 Å². The summed E-state index contributed by atoms with van der Waals surface area (Å²) in [7, 11) is -8.14. The highest BCUT2D eigenvalue weighted by Crippen LogP contribution is 2.52. The Balaban J connectivity index is 2.97. The molecule has 2 N–H and O–H groups in total. The van der Waals surface area contributed by atoms with Gasteiger partial charge in [-0.2, -0.15) is 0 Å². The molecule has 0 saturated heterocycles. The zero-order chi connectivity index (χ0) is 23.3. The summed E-state index contributed by atoms with van der Waals surface area (Å²) < 4.78 is 55.4. The minimum Gasteiger partial charge on any atom is -0.507 e. The van der Waals surface area contributed by atoms with Crippen molar-refractivity contribution < 1.29 is 46.2 Å². The summed E-state index contributed by atoms with van der Waals surface area (Å²) in [6.07, 6.45) is 5.56. The largest absolute Gasteiger partial charge is 0.538 e. The van der Waals surface area contributed by atoms with Gasteiger partial charge in [0.25, 0.3) is 5.91 Å². The van der Waals surface area contributed by atoms with Crippen molar-refractivity contribution >= 4 is 21.6 Å². The maximum Gasteiger partial charge on any atom is 0.538 e. The van der Waals surface area contributed by atoms with Gasteiger partial charge in [0, 0.05) is 6.54 Å². The quantitative estimate of drug-likeness (QED) is 0.284. The number of hydrogen-bond acceptors (Lipinski definition) is 10. The highest BCUT2D eigenvalue weighted by molar-refractivity contribution is 7.49. The third-order valence-electron chi connectivity index (χ3n) is 3.36. The first kappa shape index (κ1) is 27.1. The van der Waals surface area contributed by atoms with Gasteiger partial charge in [-0.05, 0) is 32.9 Å². The number of phosphoric acid groups is 2. The van der Waals surface area contributed by atoms with Crippen LogP contribution in [0.15, 0.2) is 24.3 Å². The number of aromatic hydroxyl groups is 1. The van der Waals surface area contributed by atoms with E-state index < -0.39 is 34.3 Å². The van der Waals surface area contributed by atoms with Gasteiger partial charge in [0.15, 0.2) is 0 Å². The molecule has 0 spiro atoms. The summed E-state index contributed by atoms with van der Waals surface area (Å²) in [6, 6.07) is 5.88. The Morgan fingerprint density at radius 3 is 2.19 bits per heavy atom. The number of carbonyl (C=O) groups is 1. The second-order valence-corrected chi connectivity index (χ2v) is 8.82. The minimum absolute atomic E-state index is 0.00983. The molecule has 0 fully saturated rings. The van der Waals surface area contributed by atoms with E-state index in [9.17, 15) is 19.0 Å². The fourth-order valence-corrected chi connectivity index (χ4v) is 4.48. The van der Waals surface area contributed by atoms with E-state index in [2.05, 4.69) is 9.84 Å². The zero-order valence-corrected chi connectivity index (χ0v) is 19.3. The Labute approximate surface area is 181 Å². The first-order valence-electron chi connectivity index (χ1n) is 9.39. The maximum atomic E-state index is 12.7. The average molecular weight is 479 g/mol. The fourth-order valence-electron chi connectivity index (χ4n) is 2.18. The number of amides is 1. The smallest absolute Gasteiger partial charge is 0.507 e. The summed E-state index contributed by atoms with van der Waals surface area (Å²) in [5.74, 6) is -0.867. The van der Waals surface area contributed by atoms with E-state index in [-0.39, 0.29) is 37.7 Å². The normalized spacial score (nSPS) is 14.3. The number of para-hydroxylation sites is 1. The first-order chi connectivity index (χ1) is 14.7. The lowest BCUT2D eigenvalue weighted by Gasteiger charge is -2.24. The molecule has 0 aliphatic rings. The van der Waals surface area contributed by atoms with Crippen LogP contribution in [0.5, 0.6) is 5.75 Å². The molecule has 2 atom stereocenters. The summed E-state index contributed by atoms with van der Waals surface area (Å²) >= 11 is 0. The van der Waals surface area contributed by atoms with Crippen LogP contribution in [0.4, 0.5) is 0 Å². The molecule has 0 radical (unpaired) electrons. The lowest BCUT2D eigenvalue weighted by atomic mass is 10.2. The number of phosphoric ester groups is 2. The lowest BCUT2D eigenvalue weighted by Crippen LogP contribution is -2.36. The first-order valence-corrected chi connectivity index (χ1v) is 12.3. The molecule has 1 aromatic rings. The van der Waals surface area contributed by atoms with Crippen LogP contribution in [0, 0.1) is 12.5 Å². The molecule has 0 aliphatic carbocycles. The molecule has 0 saturated carbocycles. The predicted molar refractivity (Wildman–Crippen MR) is 111 cm³/mol.